The first-order valence-corrected chi connectivity index (χ1v) is 12.2. The van der Waals surface area contributed by atoms with Gasteiger partial charge in [0.2, 0.25) is 0 Å². The standard InChI is InChI=1S/C22H31NO5S/c1-3-15(21(25)28-29(23,26)27)13-4-6-16-14(12-13)5-7-18-17(16)10-11-22(2)19(18)8-9-20(22)24/h4,6,12,15,17-20,24H,3,5,7-11H2,1-2H3,(H2,23,26,27)/t15?,17?,18?,19?,20-,22-/m0/s1. The number of aliphatic hydroxyl groups is 1. The van der Waals surface area contributed by atoms with E-state index >= 15 is 0 Å². The van der Waals surface area contributed by atoms with Crippen LogP contribution in [-0.4, -0.2) is 25.6 Å². The third-order valence-electron chi connectivity index (χ3n) is 7.99. The van der Waals surface area contributed by atoms with Crippen LogP contribution < -0.4 is 5.14 Å². The summed E-state index contributed by atoms with van der Waals surface area (Å²) in [6.45, 7) is 4.10. The van der Waals surface area contributed by atoms with Crippen molar-refractivity contribution in [1.29, 1.82) is 0 Å². The number of fused-ring (bicyclic) bond motifs is 5. The minimum atomic E-state index is -4.31. The summed E-state index contributed by atoms with van der Waals surface area (Å²) in [5.74, 6) is 0.233. The highest BCUT2D eigenvalue weighted by Crippen LogP contribution is 2.60. The van der Waals surface area contributed by atoms with Gasteiger partial charge < -0.3 is 9.29 Å². The molecule has 4 rings (SSSR count). The van der Waals surface area contributed by atoms with Gasteiger partial charge in [-0.05, 0) is 84.8 Å². The van der Waals surface area contributed by atoms with Crippen LogP contribution >= 0.6 is 0 Å². The van der Waals surface area contributed by atoms with Gasteiger partial charge in [-0.15, -0.1) is 0 Å². The van der Waals surface area contributed by atoms with Crippen molar-refractivity contribution in [3.8, 4) is 0 Å². The Morgan fingerprint density at radius 2 is 2.07 bits per heavy atom. The average Bonchev–Trinajstić information content (AvgIpc) is 2.95. The van der Waals surface area contributed by atoms with Gasteiger partial charge in [-0.2, -0.15) is 13.6 Å². The first kappa shape index (κ1) is 20.8. The van der Waals surface area contributed by atoms with Crippen molar-refractivity contribution in [3.05, 3.63) is 34.9 Å². The first-order chi connectivity index (χ1) is 13.6. The van der Waals surface area contributed by atoms with Crippen LogP contribution in [0.5, 0.6) is 0 Å². The molecule has 1 aromatic rings. The maximum Gasteiger partial charge on any atom is 0.382 e. The molecule has 3 N–H and O–H groups in total. The van der Waals surface area contributed by atoms with Crippen LogP contribution in [0.2, 0.25) is 0 Å². The number of nitrogens with two attached hydrogens (primary N) is 1. The summed E-state index contributed by atoms with van der Waals surface area (Å²) >= 11 is 0. The molecule has 0 saturated heterocycles. The van der Waals surface area contributed by atoms with E-state index in [-0.39, 0.29) is 11.5 Å². The molecule has 0 radical (unpaired) electrons. The van der Waals surface area contributed by atoms with Crippen molar-refractivity contribution in [2.24, 2.45) is 22.4 Å². The van der Waals surface area contributed by atoms with Crippen LogP contribution in [0.25, 0.3) is 0 Å². The summed E-state index contributed by atoms with van der Waals surface area (Å²) in [5, 5.41) is 15.4. The Morgan fingerprint density at radius 1 is 1.31 bits per heavy atom. The number of aliphatic hydroxyl groups excluding tert-OH is 1. The molecule has 160 valence electrons. The third-order valence-corrected chi connectivity index (χ3v) is 8.39. The summed E-state index contributed by atoms with van der Waals surface area (Å²) in [6.07, 6.45) is 6.50. The molecule has 29 heavy (non-hydrogen) atoms. The topological polar surface area (TPSA) is 107 Å². The molecule has 3 aliphatic rings. The molecule has 0 bridgehead atoms. The monoisotopic (exact) mass is 421 g/mol. The van der Waals surface area contributed by atoms with Crippen LogP contribution in [0, 0.1) is 17.3 Å². The minimum absolute atomic E-state index is 0.0589. The van der Waals surface area contributed by atoms with E-state index in [0.29, 0.717) is 24.2 Å². The number of hydrogen-bond donors (Lipinski definition) is 2. The third kappa shape index (κ3) is 3.62. The van der Waals surface area contributed by atoms with Gasteiger partial charge in [0.15, 0.2) is 0 Å². The Labute approximate surface area is 173 Å². The number of rotatable bonds is 4. The highest BCUT2D eigenvalue weighted by molar-refractivity contribution is 7.84. The molecule has 2 saturated carbocycles. The Bertz CT molecular complexity index is 914. The van der Waals surface area contributed by atoms with Crippen molar-refractivity contribution in [3.63, 3.8) is 0 Å². The predicted molar refractivity (Wildman–Crippen MR) is 109 cm³/mol. The number of carbonyl (C=O) groups excluding carboxylic acids is 1. The fraction of sp³-hybridized carbons (Fsp3) is 0.682. The second kappa shape index (κ2) is 7.36. The summed E-state index contributed by atoms with van der Waals surface area (Å²) in [4.78, 5) is 12.3. The molecule has 0 amide bonds. The molecule has 6 atom stereocenters. The Kier molecular flexibility index (Phi) is 5.28. The van der Waals surface area contributed by atoms with Crippen molar-refractivity contribution in [2.45, 2.75) is 76.7 Å². The van der Waals surface area contributed by atoms with Crippen LogP contribution in [-0.2, 0) is 25.7 Å². The van der Waals surface area contributed by atoms with Gasteiger partial charge in [0, 0.05) is 0 Å². The molecule has 0 aromatic heterocycles. The Hall–Kier alpha value is -1.44. The lowest BCUT2D eigenvalue weighted by Gasteiger charge is -2.50. The number of hydrogen-bond acceptors (Lipinski definition) is 5. The quantitative estimate of drug-likeness (QED) is 0.777. The van der Waals surface area contributed by atoms with Crippen LogP contribution in [0.1, 0.15) is 80.9 Å². The van der Waals surface area contributed by atoms with Crippen LogP contribution in [0.4, 0.5) is 0 Å². The molecular formula is C22H31NO5S. The average molecular weight is 422 g/mol. The van der Waals surface area contributed by atoms with Crippen LogP contribution in [0.15, 0.2) is 18.2 Å². The summed E-state index contributed by atoms with van der Waals surface area (Å²) in [5.41, 5.74) is 3.47. The van der Waals surface area contributed by atoms with E-state index in [4.69, 9.17) is 5.14 Å². The zero-order valence-electron chi connectivity index (χ0n) is 17.1. The fourth-order valence-corrected chi connectivity index (χ4v) is 6.85. The lowest BCUT2D eigenvalue weighted by atomic mass is 9.55. The maximum atomic E-state index is 12.3. The van der Waals surface area contributed by atoms with E-state index < -0.39 is 22.2 Å². The second-order valence-electron chi connectivity index (χ2n) is 9.37. The van der Waals surface area contributed by atoms with E-state index in [9.17, 15) is 18.3 Å². The molecule has 7 heteroatoms. The van der Waals surface area contributed by atoms with E-state index in [0.717, 1.165) is 44.1 Å². The van der Waals surface area contributed by atoms with E-state index in [1.165, 1.54) is 11.1 Å². The van der Waals surface area contributed by atoms with Gasteiger partial charge in [0.05, 0.1) is 12.0 Å². The highest BCUT2D eigenvalue weighted by atomic mass is 32.2. The Morgan fingerprint density at radius 3 is 2.76 bits per heavy atom. The lowest BCUT2D eigenvalue weighted by molar-refractivity contribution is -0.135. The number of aryl methyl sites for hydroxylation is 1. The van der Waals surface area contributed by atoms with Gasteiger partial charge in [-0.3, -0.25) is 4.79 Å². The first-order valence-electron chi connectivity index (χ1n) is 10.7. The van der Waals surface area contributed by atoms with Crippen molar-refractivity contribution in [1.82, 2.24) is 0 Å². The predicted octanol–water partition coefficient (Wildman–Crippen LogP) is 3.14. The molecule has 6 nitrogen and oxygen atoms in total. The molecule has 0 aliphatic heterocycles. The largest absolute Gasteiger partial charge is 0.393 e. The Balaban J connectivity index is 1.59. The molecule has 3 aliphatic carbocycles. The number of benzene rings is 1. The molecule has 4 unspecified atom stereocenters. The maximum absolute atomic E-state index is 12.3. The van der Waals surface area contributed by atoms with Gasteiger partial charge in [-0.1, -0.05) is 32.0 Å². The zero-order valence-corrected chi connectivity index (χ0v) is 18.0. The summed E-state index contributed by atoms with van der Waals surface area (Å²) in [7, 11) is -4.31. The van der Waals surface area contributed by atoms with E-state index in [2.05, 4.69) is 23.2 Å². The zero-order chi connectivity index (χ0) is 21.0. The molecule has 0 heterocycles. The van der Waals surface area contributed by atoms with Crippen molar-refractivity contribution in [2.75, 3.05) is 0 Å². The molecular weight excluding hydrogens is 390 g/mol. The van der Waals surface area contributed by atoms with Crippen molar-refractivity contribution < 1.29 is 22.5 Å². The van der Waals surface area contributed by atoms with Crippen LogP contribution in [0.3, 0.4) is 0 Å². The van der Waals surface area contributed by atoms with Crippen molar-refractivity contribution >= 4 is 16.3 Å². The minimum Gasteiger partial charge on any atom is -0.393 e. The summed E-state index contributed by atoms with van der Waals surface area (Å²) < 4.78 is 26.7. The van der Waals surface area contributed by atoms with Gasteiger partial charge in [-0.25, -0.2) is 0 Å². The fourth-order valence-electron chi connectivity index (χ4n) is 6.50. The van der Waals surface area contributed by atoms with Gasteiger partial charge in [0.25, 0.3) is 0 Å². The molecule has 1 aromatic carbocycles. The molecule has 0 spiro atoms. The highest BCUT2D eigenvalue weighted by Gasteiger charge is 2.54. The molecule has 2 fully saturated rings. The number of carbonyl (C=O) groups is 1. The lowest BCUT2D eigenvalue weighted by Crippen LogP contribution is -2.43. The van der Waals surface area contributed by atoms with E-state index in [1.807, 2.05) is 13.0 Å². The SMILES string of the molecule is CCC(C(=O)OS(N)(=O)=O)c1ccc2c(c1)CCC1C2CC[C@@]2(C)C1CC[C@@H]2O. The van der Waals surface area contributed by atoms with Gasteiger partial charge >= 0.3 is 16.3 Å². The normalized spacial score (nSPS) is 34.6. The smallest absolute Gasteiger partial charge is 0.382 e. The van der Waals surface area contributed by atoms with Gasteiger partial charge in [0.1, 0.15) is 0 Å². The van der Waals surface area contributed by atoms with E-state index in [1.54, 1.807) is 0 Å². The summed E-state index contributed by atoms with van der Waals surface area (Å²) in [6, 6.07) is 6.13. The second-order valence-corrected chi connectivity index (χ2v) is 10.5.